The lowest BCUT2D eigenvalue weighted by atomic mass is 10.2. The lowest BCUT2D eigenvalue weighted by molar-refractivity contribution is 0.199. The smallest absolute Gasteiger partial charge is 0.0964 e. The van der Waals surface area contributed by atoms with Crippen molar-refractivity contribution in [3.05, 3.63) is 11.9 Å². The van der Waals surface area contributed by atoms with Gasteiger partial charge in [0.05, 0.1) is 12.2 Å². The van der Waals surface area contributed by atoms with Crippen LogP contribution in [0.2, 0.25) is 0 Å². The molecule has 0 aromatic carbocycles. The Kier molecular flexibility index (Phi) is 4.87. The van der Waals surface area contributed by atoms with Gasteiger partial charge < -0.3 is 10.2 Å². The highest BCUT2D eigenvalue weighted by Gasteiger charge is 2.24. The van der Waals surface area contributed by atoms with Crippen molar-refractivity contribution in [2.24, 2.45) is 0 Å². The number of hydrogen-bond donors (Lipinski definition) is 1. The Balaban J connectivity index is 1.43. The van der Waals surface area contributed by atoms with Crippen LogP contribution >= 0.6 is 0 Å². The molecule has 2 fully saturated rings. The predicted octanol–water partition coefficient (Wildman–Crippen LogP) is 0.556. The van der Waals surface area contributed by atoms with E-state index in [2.05, 4.69) is 45.7 Å². The summed E-state index contributed by atoms with van der Waals surface area (Å²) in [6.45, 7) is 5.27. The molecule has 2 heterocycles. The van der Waals surface area contributed by atoms with Gasteiger partial charge in [0.25, 0.3) is 0 Å². The summed E-state index contributed by atoms with van der Waals surface area (Å²) in [6.07, 6.45) is 7.37. The SMILES string of the molecule is CN(C)CC1CCCN1CCn1cc(CNC2CC2)nn1. The average molecular weight is 292 g/mol. The molecule has 118 valence electrons. The van der Waals surface area contributed by atoms with Crippen LogP contribution in [0.3, 0.4) is 0 Å². The second-order valence-corrected chi connectivity index (χ2v) is 6.72. The van der Waals surface area contributed by atoms with Crippen molar-refractivity contribution in [3.63, 3.8) is 0 Å². The molecule has 1 N–H and O–H groups in total. The van der Waals surface area contributed by atoms with Gasteiger partial charge in [0.15, 0.2) is 0 Å². The quantitative estimate of drug-likeness (QED) is 0.758. The molecule has 6 nitrogen and oxygen atoms in total. The number of nitrogens with one attached hydrogen (secondary N) is 1. The lowest BCUT2D eigenvalue weighted by Crippen LogP contribution is -2.39. The van der Waals surface area contributed by atoms with Gasteiger partial charge in [-0.2, -0.15) is 0 Å². The number of hydrogen-bond acceptors (Lipinski definition) is 5. The highest BCUT2D eigenvalue weighted by Crippen LogP contribution is 2.19. The first-order chi connectivity index (χ1) is 10.2. The summed E-state index contributed by atoms with van der Waals surface area (Å²) >= 11 is 0. The Morgan fingerprint density at radius 2 is 2.14 bits per heavy atom. The average Bonchev–Trinajstić information content (AvgIpc) is 3.00. The predicted molar refractivity (Wildman–Crippen MR) is 83.0 cm³/mol. The van der Waals surface area contributed by atoms with Crippen LogP contribution in [0.25, 0.3) is 0 Å². The molecule has 0 radical (unpaired) electrons. The first-order valence-electron chi connectivity index (χ1n) is 8.22. The summed E-state index contributed by atoms with van der Waals surface area (Å²) in [5.41, 5.74) is 1.06. The molecule has 1 aliphatic carbocycles. The van der Waals surface area contributed by atoms with Crippen molar-refractivity contribution in [1.29, 1.82) is 0 Å². The number of rotatable bonds is 8. The fourth-order valence-corrected chi connectivity index (χ4v) is 3.11. The normalized spacial score (nSPS) is 23.3. The molecule has 0 bridgehead atoms. The molecule has 21 heavy (non-hydrogen) atoms. The van der Waals surface area contributed by atoms with Crippen molar-refractivity contribution >= 4 is 0 Å². The minimum atomic E-state index is 0.708. The maximum Gasteiger partial charge on any atom is 0.0964 e. The molecular formula is C15H28N6. The molecule has 6 heteroatoms. The molecule has 1 aromatic rings. The van der Waals surface area contributed by atoms with Crippen LogP contribution in [0.1, 0.15) is 31.4 Å². The van der Waals surface area contributed by atoms with Crippen molar-refractivity contribution in [2.75, 3.05) is 33.7 Å². The molecule has 3 rings (SSSR count). The fourth-order valence-electron chi connectivity index (χ4n) is 3.11. The van der Waals surface area contributed by atoms with Gasteiger partial charge in [0.2, 0.25) is 0 Å². The molecule has 1 aliphatic heterocycles. The van der Waals surface area contributed by atoms with Crippen LogP contribution in [-0.2, 0) is 13.1 Å². The number of nitrogens with zero attached hydrogens (tertiary/aromatic N) is 5. The summed E-state index contributed by atoms with van der Waals surface area (Å²) in [7, 11) is 4.32. The van der Waals surface area contributed by atoms with Gasteiger partial charge in [0.1, 0.15) is 0 Å². The minimum Gasteiger partial charge on any atom is -0.308 e. The summed E-state index contributed by atoms with van der Waals surface area (Å²) in [5, 5.41) is 12.0. The van der Waals surface area contributed by atoms with Crippen LogP contribution < -0.4 is 5.32 Å². The molecule has 0 spiro atoms. The van der Waals surface area contributed by atoms with E-state index in [-0.39, 0.29) is 0 Å². The third-order valence-corrected chi connectivity index (χ3v) is 4.43. The number of likely N-dealkylation sites (tertiary alicyclic amines) is 1. The van der Waals surface area contributed by atoms with Gasteiger partial charge in [0, 0.05) is 37.9 Å². The van der Waals surface area contributed by atoms with E-state index in [0.29, 0.717) is 6.04 Å². The standard InChI is InChI=1S/C15H28N6/c1-19(2)12-15-4-3-7-20(15)8-9-21-11-14(17-18-21)10-16-13-5-6-13/h11,13,15-16H,3-10,12H2,1-2H3. The third-order valence-electron chi connectivity index (χ3n) is 4.43. The summed E-state index contributed by atoms with van der Waals surface area (Å²) in [5.74, 6) is 0. The second-order valence-electron chi connectivity index (χ2n) is 6.72. The van der Waals surface area contributed by atoms with E-state index in [1.54, 1.807) is 0 Å². The van der Waals surface area contributed by atoms with Crippen molar-refractivity contribution in [2.45, 2.75) is 50.9 Å². The van der Waals surface area contributed by atoms with Crippen LogP contribution in [-0.4, -0.2) is 70.6 Å². The minimum absolute atomic E-state index is 0.708. The van der Waals surface area contributed by atoms with E-state index in [1.165, 1.54) is 32.2 Å². The van der Waals surface area contributed by atoms with E-state index in [0.717, 1.165) is 37.9 Å². The molecule has 2 aliphatic rings. The maximum absolute atomic E-state index is 4.25. The Bertz CT molecular complexity index is 439. The molecule has 1 unspecified atom stereocenters. The lowest BCUT2D eigenvalue weighted by Gasteiger charge is -2.26. The van der Waals surface area contributed by atoms with Crippen LogP contribution in [0, 0.1) is 0 Å². The van der Waals surface area contributed by atoms with Crippen LogP contribution in [0.15, 0.2) is 6.20 Å². The van der Waals surface area contributed by atoms with Crippen molar-refractivity contribution in [3.8, 4) is 0 Å². The van der Waals surface area contributed by atoms with Gasteiger partial charge in [-0.05, 0) is 46.3 Å². The number of likely N-dealkylation sites (N-methyl/N-ethyl adjacent to an activating group) is 1. The number of aromatic nitrogens is 3. The first-order valence-corrected chi connectivity index (χ1v) is 8.22. The van der Waals surface area contributed by atoms with Crippen LogP contribution in [0.5, 0.6) is 0 Å². The van der Waals surface area contributed by atoms with E-state index in [4.69, 9.17) is 0 Å². The zero-order chi connectivity index (χ0) is 14.7. The molecule has 1 aromatic heterocycles. The fraction of sp³-hybridized carbons (Fsp3) is 0.867. The second kappa shape index (κ2) is 6.85. The summed E-state index contributed by atoms with van der Waals surface area (Å²) in [6, 6.07) is 1.44. The van der Waals surface area contributed by atoms with Crippen molar-refractivity contribution < 1.29 is 0 Å². The Labute approximate surface area is 127 Å². The monoisotopic (exact) mass is 292 g/mol. The van der Waals surface area contributed by atoms with Gasteiger partial charge in [-0.25, -0.2) is 0 Å². The molecular weight excluding hydrogens is 264 g/mol. The van der Waals surface area contributed by atoms with Crippen LogP contribution in [0.4, 0.5) is 0 Å². The maximum atomic E-state index is 4.25. The molecule has 1 saturated carbocycles. The third kappa shape index (κ3) is 4.49. The topological polar surface area (TPSA) is 49.2 Å². The van der Waals surface area contributed by atoms with Crippen molar-refractivity contribution in [1.82, 2.24) is 30.1 Å². The van der Waals surface area contributed by atoms with E-state index in [1.807, 2.05) is 4.68 Å². The zero-order valence-corrected chi connectivity index (χ0v) is 13.3. The Morgan fingerprint density at radius 1 is 1.29 bits per heavy atom. The van der Waals surface area contributed by atoms with E-state index in [9.17, 15) is 0 Å². The summed E-state index contributed by atoms with van der Waals surface area (Å²) in [4.78, 5) is 4.89. The van der Waals surface area contributed by atoms with E-state index < -0.39 is 0 Å². The Morgan fingerprint density at radius 3 is 2.90 bits per heavy atom. The molecule has 1 saturated heterocycles. The Hall–Kier alpha value is -0.980. The largest absolute Gasteiger partial charge is 0.308 e. The molecule has 0 amide bonds. The van der Waals surface area contributed by atoms with Gasteiger partial charge in [-0.3, -0.25) is 9.58 Å². The highest BCUT2D eigenvalue weighted by atomic mass is 15.4. The molecule has 1 atom stereocenters. The van der Waals surface area contributed by atoms with Gasteiger partial charge in [-0.15, -0.1) is 5.10 Å². The highest BCUT2D eigenvalue weighted by molar-refractivity contribution is 4.94. The van der Waals surface area contributed by atoms with Gasteiger partial charge >= 0.3 is 0 Å². The van der Waals surface area contributed by atoms with E-state index >= 15 is 0 Å². The zero-order valence-electron chi connectivity index (χ0n) is 13.3. The summed E-state index contributed by atoms with van der Waals surface area (Å²) < 4.78 is 1.99. The van der Waals surface area contributed by atoms with Gasteiger partial charge in [-0.1, -0.05) is 5.21 Å². The first kappa shape index (κ1) is 14.9.